The Bertz CT molecular complexity index is 292. The van der Waals surface area contributed by atoms with Crippen LogP contribution in [-0.2, 0) is 0 Å². The number of rotatable bonds is 3. The second kappa shape index (κ2) is 4.29. The minimum atomic E-state index is -1.21. The van der Waals surface area contributed by atoms with Crippen LogP contribution in [0.15, 0.2) is 22.6 Å². The highest BCUT2D eigenvalue weighted by atomic mass is 35.5. The zero-order chi connectivity index (χ0) is 10.8. The van der Waals surface area contributed by atoms with E-state index in [0.29, 0.717) is 6.42 Å². The average Bonchev–Trinajstić information content (AvgIpc) is 2.12. The molecule has 78 valence electrons. The van der Waals surface area contributed by atoms with Crippen LogP contribution in [0.3, 0.4) is 0 Å². The Morgan fingerprint density at radius 1 is 1.86 bits per heavy atom. The van der Waals surface area contributed by atoms with E-state index in [4.69, 9.17) is 28.9 Å². The molecular formula is C8H11Cl2N3O. The number of guanidine groups is 1. The van der Waals surface area contributed by atoms with Crippen LogP contribution in [0.1, 0.15) is 6.42 Å². The van der Waals surface area contributed by atoms with Gasteiger partial charge in [-0.05, 0) is 6.42 Å². The third-order valence-corrected chi connectivity index (χ3v) is 3.03. The smallest absolute Gasteiger partial charge is 0.216 e. The molecule has 0 radical (unpaired) electrons. The van der Waals surface area contributed by atoms with E-state index < -0.39 is 16.5 Å². The van der Waals surface area contributed by atoms with Gasteiger partial charge in [-0.15, -0.1) is 18.2 Å². The number of nitrogens with zero attached hydrogens (tertiary/aromatic N) is 2. The molecule has 3 N–H and O–H groups in total. The van der Waals surface area contributed by atoms with E-state index in [1.807, 2.05) is 0 Å². The fourth-order valence-electron chi connectivity index (χ4n) is 1.06. The molecule has 4 nitrogen and oxygen atoms in total. The van der Waals surface area contributed by atoms with Gasteiger partial charge in [-0.25, -0.2) is 9.98 Å². The lowest BCUT2D eigenvalue weighted by molar-refractivity contribution is 0.153. The lowest BCUT2D eigenvalue weighted by atomic mass is 9.99. The Balaban J connectivity index is 2.85. The molecule has 1 aliphatic rings. The summed E-state index contributed by atoms with van der Waals surface area (Å²) in [6.45, 7) is 3.50. The summed E-state index contributed by atoms with van der Waals surface area (Å²) in [5.74, 6) is 0.0621. The Kier molecular flexibility index (Phi) is 3.53. The molecule has 1 heterocycles. The second-order valence-electron chi connectivity index (χ2n) is 2.95. The van der Waals surface area contributed by atoms with Crippen LogP contribution in [0.5, 0.6) is 0 Å². The second-order valence-corrected chi connectivity index (χ2v) is 4.02. The zero-order valence-electron chi connectivity index (χ0n) is 7.40. The number of alkyl halides is 2. The summed E-state index contributed by atoms with van der Waals surface area (Å²) in [7, 11) is 0. The summed E-state index contributed by atoms with van der Waals surface area (Å²) in [4.78, 5) is 6.29. The molecule has 6 heteroatoms. The summed E-state index contributed by atoms with van der Waals surface area (Å²) < 4.78 is 0. The molecule has 14 heavy (non-hydrogen) atoms. The van der Waals surface area contributed by atoms with Crippen molar-refractivity contribution in [3.8, 4) is 0 Å². The first-order chi connectivity index (χ1) is 6.50. The van der Waals surface area contributed by atoms with E-state index >= 15 is 0 Å². The minimum Gasteiger partial charge on any atom is -0.390 e. The molecule has 0 aromatic heterocycles. The maximum atomic E-state index is 9.70. The highest BCUT2D eigenvalue weighted by Gasteiger charge is 2.42. The molecular weight excluding hydrogens is 225 g/mol. The number of aliphatic hydroxyl groups is 1. The van der Waals surface area contributed by atoms with Gasteiger partial charge in [0.2, 0.25) is 5.96 Å². The van der Waals surface area contributed by atoms with Crippen molar-refractivity contribution in [3.05, 3.63) is 12.7 Å². The highest BCUT2D eigenvalue weighted by molar-refractivity contribution is 6.40. The quantitative estimate of drug-likeness (QED) is 0.433. The lowest BCUT2D eigenvalue weighted by Gasteiger charge is -2.31. The molecule has 3 atom stereocenters. The van der Waals surface area contributed by atoms with Crippen LogP contribution >= 0.6 is 23.2 Å². The van der Waals surface area contributed by atoms with Crippen molar-refractivity contribution in [1.29, 1.82) is 0 Å². The Labute approximate surface area is 92.1 Å². The van der Waals surface area contributed by atoms with Crippen molar-refractivity contribution in [2.75, 3.05) is 0 Å². The molecule has 1 aliphatic heterocycles. The van der Waals surface area contributed by atoms with Gasteiger partial charge < -0.3 is 10.8 Å². The van der Waals surface area contributed by atoms with E-state index in [0.717, 1.165) is 0 Å². The molecule has 0 saturated carbocycles. The predicted molar refractivity (Wildman–Crippen MR) is 59.2 cm³/mol. The van der Waals surface area contributed by atoms with Gasteiger partial charge in [0, 0.05) is 6.21 Å². The van der Waals surface area contributed by atoms with Gasteiger partial charge >= 0.3 is 0 Å². The van der Waals surface area contributed by atoms with Gasteiger partial charge in [-0.1, -0.05) is 17.7 Å². The van der Waals surface area contributed by atoms with Crippen molar-refractivity contribution < 1.29 is 5.11 Å². The topological polar surface area (TPSA) is 71.0 Å². The molecule has 0 aromatic rings. The van der Waals surface area contributed by atoms with Crippen molar-refractivity contribution >= 4 is 35.4 Å². The predicted octanol–water partition coefficient (Wildman–Crippen LogP) is 0.865. The van der Waals surface area contributed by atoms with E-state index in [1.165, 1.54) is 6.21 Å². The van der Waals surface area contributed by atoms with Crippen LogP contribution in [0.2, 0.25) is 0 Å². The van der Waals surface area contributed by atoms with E-state index in [1.54, 1.807) is 6.08 Å². The van der Waals surface area contributed by atoms with Gasteiger partial charge in [0.25, 0.3) is 0 Å². The highest BCUT2D eigenvalue weighted by Crippen LogP contribution is 2.31. The van der Waals surface area contributed by atoms with Gasteiger partial charge in [0.1, 0.15) is 4.87 Å². The van der Waals surface area contributed by atoms with Crippen molar-refractivity contribution in [2.45, 2.75) is 22.9 Å². The fourth-order valence-corrected chi connectivity index (χ4v) is 1.55. The Hall–Kier alpha value is -0.580. The number of aliphatic hydroxyl groups excluding tert-OH is 1. The van der Waals surface area contributed by atoms with Crippen LogP contribution in [0.4, 0.5) is 0 Å². The van der Waals surface area contributed by atoms with Crippen LogP contribution < -0.4 is 5.73 Å². The lowest BCUT2D eigenvalue weighted by Crippen LogP contribution is -2.48. The molecule has 0 amide bonds. The SMILES string of the molecule is C=CCC(O)C1(Cl)C=NC(N)=NC1Cl. The standard InChI is InChI=1S/C8H11Cl2N3O/c1-2-3-5(14)8(10)4-12-7(11)13-6(8)9/h2,4-6,14H,1,3H2,(H2,11,13). The monoisotopic (exact) mass is 235 g/mol. The van der Waals surface area contributed by atoms with Gasteiger partial charge in [-0.2, -0.15) is 0 Å². The number of hydrogen-bond donors (Lipinski definition) is 2. The van der Waals surface area contributed by atoms with Crippen molar-refractivity contribution in [2.24, 2.45) is 15.7 Å². The van der Waals surface area contributed by atoms with Crippen LogP contribution in [0, 0.1) is 0 Å². The summed E-state index contributed by atoms with van der Waals surface area (Å²) >= 11 is 11.9. The number of halogens is 2. The largest absolute Gasteiger partial charge is 0.390 e. The first-order valence-electron chi connectivity index (χ1n) is 4.01. The first-order valence-corrected chi connectivity index (χ1v) is 4.82. The summed E-state index contributed by atoms with van der Waals surface area (Å²) in [5.41, 5.74) is 4.50. The molecule has 0 aliphatic carbocycles. The Morgan fingerprint density at radius 2 is 2.50 bits per heavy atom. The fraction of sp³-hybridized carbons (Fsp3) is 0.500. The van der Waals surface area contributed by atoms with Crippen molar-refractivity contribution in [1.82, 2.24) is 0 Å². The van der Waals surface area contributed by atoms with Crippen LogP contribution in [-0.4, -0.2) is 33.8 Å². The molecule has 0 spiro atoms. The summed E-state index contributed by atoms with van der Waals surface area (Å²) in [5, 5.41) is 9.70. The Morgan fingerprint density at radius 3 is 3.00 bits per heavy atom. The molecule has 0 bridgehead atoms. The molecule has 1 rings (SSSR count). The average molecular weight is 236 g/mol. The molecule has 0 saturated heterocycles. The molecule has 3 unspecified atom stereocenters. The van der Waals surface area contributed by atoms with Crippen LogP contribution in [0.25, 0.3) is 0 Å². The maximum Gasteiger partial charge on any atom is 0.216 e. The molecule has 0 aromatic carbocycles. The van der Waals surface area contributed by atoms with E-state index in [2.05, 4.69) is 16.6 Å². The van der Waals surface area contributed by atoms with E-state index in [9.17, 15) is 5.11 Å². The normalized spacial score (nSPS) is 33.6. The number of nitrogens with two attached hydrogens (primary N) is 1. The van der Waals surface area contributed by atoms with Gasteiger partial charge in [0.15, 0.2) is 5.50 Å². The minimum absolute atomic E-state index is 0.0621. The first kappa shape index (κ1) is 11.5. The summed E-state index contributed by atoms with van der Waals surface area (Å²) in [6.07, 6.45) is 2.30. The zero-order valence-corrected chi connectivity index (χ0v) is 8.91. The molecule has 0 fully saturated rings. The number of hydrogen-bond acceptors (Lipinski definition) is 4. The van der Waals surface area contributed by atoms with E-state index in [-0.39, 0.29) is 5.96 Å². The number of aliphatic imine (C=N–C) groups is 2. The third-order valence-electron chi connectivity index (χ3n) is 1.91. The van der Waals surface area contributed by atoms with Gasteiger partial charge in [-0.3, -0.25) is 0 Å². The van der Waals surface area contributed by atoms with Gasteiger partial charge in [0.05, 0.1) is 6.10 Å². The summed E-state index contributed by atoms with van der Waals surface area (Å²) in [6, 6.07) is 0. The third kappa shape index (κ3) is 2.08. The maximum absolute atomic E-state index is 9.70. The van der Waals surface area contributed by atoms with Crippen molar-refractivity contribution in [3.63, 3.8) is 0 Å².